The van der Waals surface area contributed by atoms with Crippen molar-refractivity contribution >= 4 is 0 Å². The van der Waals surface area contributed by atoms with Crippen LogP contribution in [-0.2, 0) is 14.1 Å². The summed E-state index contributed by atoms with van der Waals surface area (Å²) in [7, 11) is 3.78. The second-order valence-electron chi connectivity index (χ2n) is 10.4. The molecule has 0 spiro atoms. The number of benzene rings is 4. The van der Waals surface area contributed by atoms with E-state index in [0.29, 0.717) is 11.1 Å². The fraction of sp³-hybridized carbons (Fsp3) is 0.143. The SMILES string of the molecule is Cc1c(C(c2ccc(-c3ccccc3)cc2)c2c(C)n(C)n(-c3ccccc3)c2=O)c(=O)n(-c2ccccc2)n1C. The van der Waals surface area contributed by atoms with Crippen LogP contribution in [0.2, 0.25) is 0 Å². The van der Waals surface area contributed by atoms with E-state index < -0.39 is 5.92 Å². The lowest BCUT2D eigenvalue weighted by atomic mass is 9.84. The number of para-hydroxylation sites is 2. The molecule has 6 rings (SSSR count). The highest BCUT2D eigenvalue weighted by molar-refractivity contribution is 5.64. The second-order valence-corrected chi connectivity index (χ2v) is 10.4. The highest BCUT2D eigenvalue weighted by Crippen LogP contribution is 2.34. The van der Waals surface area contributed by atoms with E-state index in [1.54, 1.807) is 9.36 Å². The zero-order chi connectivity index (χ0) is 28.7. The van der Waals surface area contributed by atoms with Crippen LogP contribution in [0.25, 0.3) is 22.5 Å². The molecule has 0 N–H and O–H groups in total. The average Bonchev–Trinajstić information content (AvgIpc) is 3.37. The maximum absolute atomic E-state index is 14.3. The molecular weight excluding hydrogens is 508 g/mol. The minimum absolute atomic E-state index is 0.137. The van der Waals surface area contributed by atoms with Gasteiger partial charge >= 0.3 is 0 Å². The van der Waals surface area contributed by atoms with Crippen LogP contribution in [0, 0.1) is 13.8 Å². The van der Waals surface area contributed by atoms with Gasteiger partial charge in [0.25, 0.3) is 11.1 Å². The molecule has 4 aromatic carbocycles. The van der Waals surface area contributed by atoms with E-state index in [1.165, 1.54) is 0 Å². The Bertz CT molecular complexity index is 1840. The van der Waals surface area contributed by atoms with Crippen LogP contribution >= 0.6 is 0 Å². The number of aromatic nitrogens is 4. The Morgan fingerprint density at radius 2 is 0.854 bits per heavy atom. The van der Waals surface area contributed by atoms with Gasteiger partial charge in [-0.05, 0) is 54.8 Å². The van der Waals surface area contributed by atoms with Crippen molar-refractivity contribution in [2.45, 2.75) is 19.8 Å². The van der Waals surface area contributed by atoms with Crippen molar-refractivity contribution in [1.82, 2.24) is 18.7 Å². The Labute approximate surface area is 238 Å². The first kappa shape index (κ1) is 26.1. The number of rotatable bonds is 6. The Morgan fingerprint density at radius 3 is 1.27 bits per heavy atom. The minimum Gasteiger partial charge on any atom is -0.285 e. The molecule has 0 radical (unpaired) electrons. The zero-order valence-electron chi connectivity index (χ0n) is 23.7. The van der Waals surface area contributed by atoms with E-state index in [0.717, 1.165) is 39.5 Å². The van der Waals surface area contributed by atoms with Gasteiger partial charge in [-0.3, -0.25) is 19.0 Å². The predicted molar refractivity (Wildman–Crippen MR) is 164 cm³/mol. The van der Waals surface area contributed by atoms with Gasteiger partial charge in [-0.15, -0.1) is 0 Å². The molecule has 204 valence electrons. The average molecular weight is 541 g/mol. The van der Waals surface area contributed by atoms with E-state index in [9.17, 15) is 9.59 Å². The first-order chi connectivity index (χ1) is 19.9. The molecule has 2 aromatic heterocycles. The Hall–Kier alpha value is -5.10. The van der Waals surface area contributed by atoms with Crippen molar-refractivity contribution in [3.63, 3.8) is 0 Å². The summed E-state index contributed by atoms with van der Waals surface area (Å²) in [5.41, 5.74) is 7.16. The van der Waals surface area contributed by atoms with Gasteiger partial charge in [0, 0.05) is 31.4 Å². The van der Waals surface area contributed by atoms with Gasteiger partial charge in [-0.25, -0.2) is 9.36 Å². The van der Waals surface area contributed by atoms with E-state index in [1.807, 2.05) is 128 Å². The quantitative estimate of drug-likeness (QED) is 0.255. The van der Waals surface area contributed by atoms with Crippen LogP contribution in [0.3, 0.4) is 0 Å². The van der Waals surface area contributed by atoms with Gasteiger partial charge in [0.1, 0.15) is 0 Å². The number of hydrogen-bond acceptors (Lipinski definition) is 2. The molecule has 0 saturated heterocycles. The molecule has 0 saturated carbocycles. The smallest absolute Gasteiger partial charge is 0.275 e. The fourth-order valence-electron chi connectivity index (χ4n) is 5.82. The fourth-order valence-corrected chi connectivity index (χ4v) is 5.82. The second kappa shape index (κ2) is 10.5. The molecule has 0 aliphatic heterocycles. The van der Waals surface area contributed by atoms with Crippen molar-refractivity contribution in [2.24, 2.45) is 14.1 Å². The lowest BCUT2D eigenvalue weighted by molar-refractivity contribution is 0.630. The molecule has 0 bridgehead atoms. The highest BCUT2D eigenvalue weighted by atomic mass is 16.1. The van der Waals surface area contributed by atoms with Crippen LogP contribution in [0.4, 0.5) is 0 Å². The Balaban J connectivity index is 1.62. The summed E-state index contributed by atoms with van der Waals surface area (Å²) in [5.74, 6) is -0.563. The molecule has 0 aliphatic carbocycles. The van der Waals surface area contributed by atoms with Gasteiger partial charge in [0.15, 0.2) is 0 Å². The largest absolute Gasteiger partial charge is 0.285 e. The summed E-state index contributed by atoms with van der Waals surface area (Å²) < 4.78 is 7.13. The molecule has 0 unspecified atom stereocenters. The van der Waals surface area contributed by atoms with Crippen LogP contribution < -0.4 is 11.1 Å². The topological polar surface area (TPSA) is 53.9 Å². The first-order valence-electron chi connectivity index (χ1n) is 13.7. The number of hydrogen-bond donors (Lipinski definition) is 0. The molecule has 0 amide bonds. The van der Waals surface area contributed by atoms with Gasteiger partial charge in [-0.2, -0.15) is 0 Å². The summed E-state index contributed by atoms with van der Waals surface area (Å²) in [6.07, 6.45) is 0. The van der Waals surface area contributed by atoms with E-state index in [-0.39, 0.29) is 11.1 Å². The summed E-state index contributed by atoms with van der Waals surface area (Å²) in [4.78, 5) is 28.6. The van der Waals surface area contributed by atoms with Crippen molar-refractivity contribution in [2.75, 3.05) is 0 Å². The number of nitrogens with zero attached hydrogens (tertiary/aromatic N) is 4. The lowest BCUT2D eigenvalue weighted by Gasteiger charge is -2.17. The predicted octanol–water partition coefficient (Wildman–Crippen LogP) is 6.13. The molecule has 6 aromatic rings. The Morgan fingerprint density at radius 1 is 0.488 bits per heavy atom. The van der Waals surface area contributed by atoms with Crippen LogP contribution in [0.5, 0.6) is 0 Å². The van der Waals surface area contributed by atoms with E-state index in [2.05, 4.69) is 24.3 Å². The molecule has 2 heterocycles. The first-order valence-corrected chi connectivity index (χ1v) is 13.7. The van der Waals surface area contributed by atoms with E-state index in [4.69, 9.17) is 0 Å². The molecular formula is C35H32N4O2. The maximum atomic E-state index is 14.3. The molecule has 6 heteroatoms. The van der Waals surface area contributed by atoms with Crippen molar-refractivity contribution < 1.29 is 0 Å². The van der Waals surface area contributed by atoms with Crippen molar-refractivity contribution in [3.8, 4) is 22.5 Å². The van der Waals surface area contributed by atoms with Gasteiger partial charge in [-0.1, -0.05) is 91.0 Å². The van der Waals surface area contributed by atoms with Gasteiger partial charge < -0.3 is 0 Å². The molecule has 0 atom stereocenters. The van der Waals surface area contributed by atoms with E-state index >= 15 is 0 Å². The van der Waals surface area contributed by atoms with Crippen molar-refractivity contribution in [3.05, 3.63) is 164 Å². The molecule has 41 heavy (non-hydrogen) atoms. The molecule has 6 nitrogen and oxygen atoms in total. The van der Waals surface area contributed by atoms with Gasteiger partial charge in [0.2, 0.25) is 0 Å². The normalized spacial score (nSPS) is 11.3. The summed E-state index contributed by atoms with van der Waals surface area (Å²) in [6, 6.07) is 37.6. The van der Waals surface area contributed by atoms with Crippen LogP contribution in [-0.4, -0.2) is 18.7 Å². The molecule has 0 aliphatic rings. The van der Waals surface area contributed by atoms with Crippen LogP contribution in [0.15, 0.2) is 125 Å². The third kappa shape index (κ3) is 4.38. The third-order valence-corrected chi connectivity index (χ3v) is 8.13. The third-order valence-electron chi connectivity index (χ3n) is 8.13. The minimum atomic E-state index is -0.563. The molecule has 0 fully saturated rings. The van der Waals surface area contributed by atoms with Gasteiger partial charge in [0.05, 0.1) is 22.5 Å². The standard InChI is InChI=1S/C35H32N4O2/c1-24-31(34(40)38(36(24)3)29-16-10-6-11-17-29)33(28-22-20-27(21-23-28)26-14-8-5-9-15-26)32-25(2)37(4)39(35(32)41)30-18-12-7-13-19-30/h5-23,33H,1-4H3. The monoisotopic (exact) mass is 540 g/mol. The van der Waals surface area contributed by atoms with Crippen LogP contribution in [0.1, 0.15) is 34.0 Å². The Kier molecular flexibility index (Phi) is 6.67. The highest BCUT2D eigenvalue weighted by Gasteiger charge is 2.32. The maximum Gasteiger partial charge on any atom is 0.275 e. The van der Waals surface area contributed by atoms with Crippen molar-refractivity contribution in [1.29, 1.82) is 0 Å². The summed E-state index contributed by atoms with van der Waals surface area (Å²) in [5, 5.41) is 0. The summed E-state index contributed by atoms with van der Waals surface area (Å²) >= 11 is 0. The zero-order valence-corrected chi connectivity index (χ0v) is 23.7. The summed E-state index contributed by atoms with van der Waals surface area (Å²) in [6.45, 7) is 3.91. The lowest BCUT2D eigenvalue weighted by Crippen LogP contribution is -2.26.